The lowest BCUT2D eigenvalue weighted by molar-refractivity contribution is -0.146. The maximum Gasteiger partial charge on any atom is 0.327 e. The molecule has 14 heavy (non-hydrogen) atoms. The van der Waals surface area contributed by atoms with Crippen LogP contribution >= 0.6 is 0 Å². The third-order valence-electron chi connectivity index (χ3n) is 3.43. The summed E-state index contributed by atoms with van der Waals surface area (Å²) in [4.78, 5) is 13.8. The summed E-state index contributed by atoms with van der Waals surface area (Å²) in [6, 6.07) is 0.507. The fourth-order valence-corrected chi connectivity index (χ4v) is 2.70. The van der Waals surface area contributed by atoms with Gasteiger partial charge >= 0.3 is 5.97 Å². The normalized spacial score (nSPS) is 38.0. The maximum atomic E-state index is 11.5. The molecule has 80 valence electrons. The highest BCUT2D eigenvalue weighted by molar-refractivity contribution is 5.81. The van der Waals surface area contributed by atoms with Crippen LogP contribution in [0.4, 0.5) is 0 Å². The third kappa shape index (κ3) is 1.53. The molecule has 0 aromatic rings. The lowest BCUT2D eigenvalue weighted by Gasteiger charge is -2.28. The Balaban J connectivity index is 2.07. The van der Waals surface area contributed by atoms with Gasteiger partial charge in [0.1, 0.15) is 5.54 Å². The van der Waals surface area contributed by atoms with Crippen molar-refractivity contribution in [2.24, 2.45) is 5.73 Å². The van der Waals surface area contributed by atoms with Crippen molar-refractivity contribution >= 4 is 5.97 Å². The predicted molar refractivity (Wildman–Crippen MR) is 52.8 cm³/mol. The van der Waals surface area contributed by atoms with Gasteiger partial charge in [-0.05, 0) is 25.8 Å². The minimum atomic E-state index is -0.746. The molecule has 4 nitrogen and oxygen atoms in total. The van der Waals surface area contributed by atoms with Gasteiger partial charge in [0.15, 0.2) is 0 Å². The summed E-state index contributed by atoms with van der Waals surface area (Å²) in [6.45, 7) is 1.75. The second-order valence-corrected chi connectivity index (χ2v) is 4.47. The van der Waals surface area contributed by atoms with Crippen molar-refractivity contribution in [1.82, 2.24) is 4.90 Å². The Morgan fingerprint density at radius 3 is 3.00 bits per heavy atom. The number of hydrogen-bond donors (Lipinski definition) is 1. The Morgan fingerprint density at radius 2 is 2.36 bits per heavy atom. The van der Waals surface area contributed by atoms with E-state index in [1.54, 1.807) is 0 Å². The van der Waals surface area contributed by atoms with Crippen molar-refractivity contribution in [2.75, 3.05) is 20.2 Å². The summed E-state index contributed by atoms with van der Waals surface area (Å²) in [7, 11) is 1.41. The van der Waals surface area contributed by atoms with Crippen molar-refractivity contribution in [3.63, 3.8) is 0 Å². The first-order valence-electron chi connectivity index (χ1n) is 5.27. The highest BCUT2D eigenvalue weighted by atomic mass is 16.5. The molecule has 0 aliphatic carbocycles. The molecular weight excluding hydrogens is 180 g/mol. The van der Waals surface area contributed by atoms with E-state index >= 15 is 0 Å². The minimum Gasteiger partial charge on any atom is -0.468 e. The summed E-state index contributed by atoms with van der Waals surface area (Å²) >= 11 is 0. The summed E-state index contributed by atoms with van der Waals surface area (Å²) in [6.07, 6.45) is 4.43. The standard InChI is InChI=1S/C10H18N2O2/c1-14-9(13)10(11)6-8-4-2-3-5-12(8)7-10/h8H,2-7,11H2,1H3. The number of esters is 1. The van der Waals surface area contributed by atoms with E-state index in [-0.39, 0.29) is 5.97 Å². The topological polar surface area (TPSA) is 55.6 Å². The average Bonchev–Trinajstić information content (AvgIpc) is 2.54. The zero-order chi connectivity index (χ0) is 10.2. The van der Waals surface area contributed by atoms with Crippen LogP contribution in [0.2, 0.25) is 0 Å². The van der Waals surface area contributed by atoms with E-state index in [9.17, 15) is 4.79 Å². The van der Waals surface area contributed by atoms with Crippen LogP contribution in [0.15, 0.2) is 0 Å². The molecule has 2 saturated heterocycles. The van der Waals surface area contributed by atoms with E-state index in [0.29, 0.717) is 12.6 Å². The molecule has 0 saturated carbocycles. The highest BCUT2D eigenvalue weighted by Crippen LogP contribution is 2.32. The van der Waals surface area contributed by atoms with E-state index in [2.05, 4.69) is 4.90 Å². The Morgan fingerprint density at radius 1 is 1.57 bits per heavy atom. The number of methoxy groups -OCH3 is 1. The molecule has 2 atom stereocenters. The van der Waals surface area contributed by atoms with Crippen LogP contribution < -0.4 is 5.73 Å². The smallest absolute Gasteiger partial charge is 0.327 e. The molecule has 0 aromatic heterocycles. The number of fused-ring (bicyclic) bond motifs is 1. The minimum absolute atomic E-state index is 0.258. The van der Waals surface area contributed by atoms with Gasteiger partial charge in [0, 0.05) is 12.6 Å². The van der Waals surface area contributed by atoms with Gasteiger partial charge in [0.05, 0.1) is 7.11 Å². The van der Waals surface area contributed by atoms with Gasteiger partial charge in [0.2, 0.25) is 0 Å². The van der Waals surface area contributed by atoms with Crippen molar-refractivity contribution in [3.8, 4) is 0 Å². The van der Waals surface area contributed by atoms with E-state index in [1.165, 1.54) is 26.4 Å². The van der Waals surface area contributed by atoms with Crippen molar-refractivity contribution in [1.29, 1.82) is 0 Å². The van der Waals surface area contributed by atoms with E-state index < -0.39 is 5.54 Å². The molecule has 2 N–H and O–H groups in total. The van der Waals surface area contributed by atoms with Crippen LogP contribution in [0.1, 0.15) is 25.7 Å². The molecule has 2 aliphatic heterocycles. The van der Waals surface area contributed by atoms with Gasteiger partial charge in [0.25, 0.3) is 0 Å². The first-order chi connectivity index (χ1) is 6.65. The molecule has 0 spiro atoms. The highest BCUT2D eigenvalue weighted by Gasteiger charge is 2.47. The molecule has 0 bridgehead atoms. The van der Waals surface area contributed by atoms with Gasteiger partial charge in [-0.2, -0.15) is 0 Å². The van der Waals surface area contributed by atoms with Gasteiger partial charge in [-0.25, -0.2) is 0 Å². The van der Waals surface area contributed by atoms with Crippen molar-refractivity contribution in [3.05, 3.63) is 0 Å². The number of ether oxygens (including phenoxy) is 1. The Bertz CT molecular complexity index is 228. The zero-order valence-electron chi connectivity index (χ0n) is 8.66. The van der Waals surface area contributed by atoms with Crippen LogP contribution in [0.5, 0.6) is 0 Å². The Kier molecular flexibility index (Phi) is 2.49. The summed E-state index contributed by atoms with van der Waals surface area (Å²) in [5.41, 5.74) is 5.31. The Labute approximate surface area is 84.4 Å². The molecule has 2 aliphatic rings. The maximum absolute atomic E-state index is 11.5. The predicted octanol–water partition coefficient (Wildman–Crippen LogP) is 0.115. The molecule has 2 fully saturated rings. The summed E-state index contributed by atoms with van der Waals surface area (Å²) in [5, 5.41) is 0. The number of rotatable bonds is 1. The van der Waals surface area contributed by atoms with Crippen LogP contribution in [0.3, 0.4) is 0 Å². The first kappa shape index (κ1) is 9.93. The molecule has 4 heteroatoms. The quantitative estimate of drug-likeness (QED) is 0.608. The largest absolute Gasteiger partial charge is 0.468 e. The molecule has 0 aromatic carbocycles. The fraction of sp³-hybridized carbons (Fsp3) is 0.900. The molecular formula is C10H18N2O2. The number of hydrogen-bond acceptors (Lipinski definition) is 4. The van der Waals surface area contributed by atoms with E-state index in [1.807, 2.05) is 0 Å². The van der Waals surface area contributed by atoms with Gasteiger partial charge < -0.3 is 10.5 Å². The van der Waals surface area contributed by atoms with Crippen LogP contribution in [0, 0.1) is 0 Å². The molecule has 0 radical (unpaired) electrons. The first-order valence-corrected chi connectivity index (χ1v) is 5.27. The fourth-order valence-electron chi connectivity index (χ4n) is 2.70. The van der Waals surface area contributed by atoms with E-state index in [0.717, 1.165) is 13.0 Å². The van der Waals surface area contributed by atoms with Gasteiger partial charge in [-0.1, -0.05) is 6.42 Å². The van der Waals surface area contributed by atoms with Crippen molar-refractivity contribution < 1.29 is 9.53 Å². The Hall–Kier alpha value is -0.610. The number of piperidine rings is 1. The van der Waals surface area contributed by atoms with E-state index in [4.69, 9.17) is 10.5 Å². The summed E-state index contributed by atoms with van der Waals surface area (Å²) in [5.74, 6) is -0.258. The molecule has 2 unspecified atom stereocenters. The van der Waals surface area contributed by atoms with Gasteiger partial charge in [-0.3, -0.25) is 9.69 Å². The zero-order valence-corrected chi connectivity index (χ0v) is 8.66. The average molecular weight is 198 g/mol. The second-order valence-electron chi connectivity index (χ2n) is 4.47. The summed E-state index contributed by atoms with van der Waals surface area (Å²) < 4.78 is 4.75. The SMILES string of the molecule is COC(=O)C1(N)CC2CCCCN2C1. The number of carbonyl (C=O) groups is 1. The van der Waals surface area contributed by atoms with Crippen LogP contribution in [-0.4, -0.2) is 42.6 Å². The number of nitrogens with zero attached hydrogens (tertiary/aromatic N) is 1. The van der Waals surface area contributed by atoms with Crippen molar-refractivity contribution in [2.45, 2.75) is 37.3 Å². The monoisotopic (exact) mass is 198 g/mol. The molecule has 0 amide bonds. The lowest BCUT2D eigenvalue weighted by Crippen LogP contribution is -2.50. The van der Waals surface area contributed by atoms with Gasteiger partial charge in [-0.15, -0.1) is 0 Å². The molecule has 2 heterocycles. The van der Waals surface area contributed by atoms with Crippen LogP contribution in [-0.2, 0) is 9.53 Å². The third-order valence-corrected chi connectivity index (χ3v) is 3.43. The van der Waals surface area contributed by atoms with Crippen LogP contribution in [0.25, 0.3) is 0 Å². The number of nitrogens with two attached hydrogens (primary N) is 1. The lowest BCUT2D eigenvalue weighted by atomic mass is 9.95. The number of carbonyl (C=O) groups excluding carboxylic acids is 1. The molecule has 2 rings (SSSR count). The second kappa shape index (κ2) is 3.51.